The molecule has 0 spiro atoms. The SMILES string of the molecule is CCCNC(=NCc1nc(C(C)C)cs1)NCCc1ccco1.I. The van der Waals surface area contributed by atoms with E-state index in [0.717, 1.165) is 48.4 Å². The van der Waals surface area contributed by atoms with Crippen LogP contribution in [0.25, 0.3) is 0 Å². The minimum absolute atomic E-state index is 0. The molecule has 0 aliphatic rings. The molecule has 0 bridgehead atoms. The van der Waals surface area contributed by atoms with Gasteiger partial charge in [0.25, 0.3) is 0 Å². The zero-order valence-electron chi connectivity index (χ0n) is 14.5. The fraction of sp³-hybridized carbons (Fsp3) is 0.529. The Morgan fingerprint density at radius 3 is 2.75 bits per heavy atom. The highest BCUT2D eigenvalue weighted by atomic mass is 127. The molecule has 2 heterocycles. The highest BCUT2D eigenvalue weighted by Crippen LogP contribution is 2.18. The zero-order chi connectivity index (χ0) is 16.5. The standard InChI is InChI=1S/C17H26N4OS.HI/c1-4-8-18-17(19-9-7-14-6-5-10-22-14)20-11-16-21-15(12-23-16)13(2)3;/h5-6,10,12-13H,4,7-9,11H2,1-3H3,(H2,18,19,20);1H. The number of thiazole rings is 1. The summed E-state index contributed by atoms with van der Waals surface area (Å²) in [6, 6.07) is 3.90. The third-order valence-corrected chi connectivity index (χ3v) is 4.17. The molecular formula is C17H27IN4OS. The van der Waals surface area contributed by atoms with Crippen LogP contribution in [0.5, 0.6) is 0 Å². The number of hydrogen-bond donors (Lipinski definition) is 2. The van der Waals surface area contributed by atoms with Crippen molar-refractivity contribution in [3.63, 3.8) is 0 Å². The lowest BCUT2D eigenvalue weighted by Crippen LogP contribution is -2.38. The van der Waals surface area contributed by atoms with Crippen molar-refractivity contribution in [1.82, 2.24) is 15.6 Å². The quantitative estimate of drug-likeness (QED) is 0.351. The van der Waals surface area contributed by atoms with Gasteiger partial charge >= 0.3 is 0 Å². The largest absolute Gasteiger partial charge is 0.469 e. The first-order valence-corrected chi connectivity index (χ1v) is 9.06. The highest BCUT2D eigenvalue weighted by Gasteiger charge is 2.06. The van der Waals surface area contributed by atoms with Crippen LogP contribution in [0.4, 0.5) is 0 Å². The van der Waals surface area contributed by atoms with Crippen LogP contribution in [-0.4, -0.2) is 24.0 Å². The minimum atomic E-state index is 0. The maximum Gasteiger partial charge on any atom is 0.191 e. The van der Waals surface area contributed by atoms with E-state index in [-0.39, 0.29) is 24.0 Å². The highest BCUT2D eigenvalue weighted by molar-refractivity contribution is 14.0. The van der Waals surface area contributed by atoms with Gasteiger partial charge in [0, 0.05) is 24.9 Å². The van der Waals surface area contributed by atoms with Gasteiger partial charge in [0.15, 0.2) is 5.96 Å². The van der Waals surface area contributed by atoms with Crippen molar-refractivity contribution in [2.75, 3.05) is 13.1 Å². The molecule has 2 rings (SSSR count). The van der Waals surface area contributed by atoms with E-state index >= 15 is 0 Å². The van der Waals surface area contributed by atoms with Crippen LogP contribution in [0.1, 0.15) is 49.6 Å². The Labute approximate surface area is 165 Å². The number of rotatable bonds is 8. The molecule has 0 radical (unpaired) electrons. The number of aliphatic imine (C=N–C) groups is 1. The van der Waals surface area contributed by atoms with E-state index in [0.29, 0.717) is 12.5 Å². The Balaban J connectivity index is 0.00000288. The fourth-order valence-corrected chi connectivity index (χ4v) is 2.87. The van der Waals surface area contributed by atoms with Crippen molar-refractivity contribution in [2.45, 2.75) is 46.1 Å². The van der Waals surface area contributed by atoms with Crippen LogP contribution in [-0.2, 0) is 13.0 Å². The van der Waals surface area contributed by atoms with Crippen molar-refractivity contribution in [2.24, 2.45) is 4.99 Å². The summed E-state index contributed by atoms with van der Waals surface area (Å²) in [6.45, 7) is 8.76. The van der Waals surface area contributed by atoms with Crippen molar-refractivity contribution in [1.29, 1.82) is 0 Å². The van der Waals surface area contributed by atoms with Crippen LogP contribution in [0.3, 0.4) is 0 Å². The molecule has 0 aromatic carbocycles. The van der Waals surface area contributed by atoms with Crippen LogP contribution in [0, 0.1) is 0 Å². The van der Waals surface area contributed by atoms with E-state index in [9.17, 15) is 0 Å². The van der Waals surface area contributed by atoms with Gasteiger partial charge < -0.3 is 15.1 Å². The molecule has 0 aliphatic heterocycles. The van der Waals surface area contributed by atoms with Crippen LogP contribution in [0.15, 0.2) is 33.2 Å². The van der Waals surface area contributed by atoms with Gasteiger partial charge in [0.05, 0.1) is 18.5 Å². The van der Waals surface area contributed by atoms with Crippen molar-refractivity contribution < 1.29 is 4.42 Å². The number of nitrogens with one attached hydrogen (secondary N) is 2. The lowest BCUT2D eigenvalue weighted by molar-refractivity contribution is 0.506. The van der Waals surface area contributed by atoms with E-state index in [2.05, 4.69) is 46.8 Å². The Kier molecular flexibility index (Phi) is 10.0. The predicted octanol–water partition coefficient (Wildman–Crippen LogP) is 4.17. The summed E-state index contributed by atoms with van der Waals surface area (Å²) in [5, 5.41) is 9.86. The zero-order valence-corrected chi connectivity index (χ0v) is 17.7. The summed E-state index contributed by atoms with van der Waals surface area (Å²) >= 11 is 1.68. The van der Waals surface area contributed by atoms with E-state index in [1.54, 1.807) is 17.6 Å². The summed E-state index contributed by atoms with van der Waals surface area (Å²) in [5.41, 5.74) is 1.15. The van der Waals surface area contributed by atoms with E-state index in [4.69, 9.17) is 4.42 Å². The number of hydrogen-bond acceptors (Lipinski definition) is 4. The van der Waals surface area contributed by atoms with E-state index in [1.165, 1.54) is 0 Å². The van der Waals surface area contributed by atoms with Crippen LogP contribution < -0.4 is 10.6 Å². The molecule has 0 atom stereocenters. The van der Waals surface area contributed by atoms with Gasteiger partial charge in [-0.25, -0.2) is 9.98 Å². The second-order valence-electron chi connectivity index (χ2n) is 5.67. The van der Waals surface area contributed by atoms with Gasteiger partial charge in [0.1, 0.15) is 10.8 Å². The number of furan rings is 1. The van der Waals surface area contributed by atoms with Crippen LogP contribution >= 0.6 is 35.3 Å². The van der Waals surface area contributed by atoms with E-state index < -0.39 is 0 Å². The molecule has 2 N–H and O–H groups in total. The Bertz CT molecular complexity index is 596. The number of halogens is 1. The maximum atomic E-state index is 5.34. The summed E-state index contributed by atoms with van der Waals surface area (Å²) in [6.07, 6.45) is 3.61. The predicted molar refractivity (Wildman–Crippen MR) is 111 cm³/mol. The number of guanidine groups is 1. The summed E-state index contributed by atoms with van der Waals surface area (Å²) in [4.78, 5) is 9.26. The third kappa shape index (κ3) is 7.21. The lowest BCUT2D eigenvalue weighted by Gasteiger charge is -2.11. The summed E-state index contributed by atoms with van der Waals surface area (Å²) in [5.74, 6) is 2.28. The molecule has 0 unspecified atom stereocenters. The van der Waals surface area contributed by atoms with Crippen molar-refractivity contribution in [3.8, 4) is 0 Å². The molecule has 134 valence electrons. The number of nitrogens with zero attached hydrogens (tertiary/aromatic N) is 2. The normalized spacial score (nSPS) is 11.4. The topological polar surface area (TPSA) is 62.5 Å². The first-order chi connectivity index (χ1) is 11.2. The maximum absolute atomic E-state index is 5.34. The number of aromatic nitrogens is 1. The van der Waals surface area contributed by atoms with E-state index in [1.807, 2.05) is 12.1 Å². The molecule has 5 nitrogen and oxygen atoms in total. The van der Waals surface area contributed by atoms with Gasteiger partial charge in [-0.2, -0.15) is 0 Å². The molecule has 2 aromatic heterocycles. The van der Waals surface area contributed by atoms with Crippen molar-refractivity contribution >= 4 is 41.3 Å². The molecule has 0 saturated carbocycles. The summed E-state index contributed by atoms with van der Waals surface area (Å²) in [7, 11) is 0. The Hall–Kier alpha value is -1.09. The van der Waals surface area contributed by atoms with Gasteiger partial charge in [0.2, 0.25) is 0 Å². The van der Waals surface area contributed by atoms with Gasteiger partial charge in [-0.05, 0) is 24.5 Å². The Morgan fingerprint density at radius 1 is 1.33 bits per heavy atom. The first kappa shape index (κ1) is 21.0. The summed E-state index contributed by atoms with van der Waals surface area (Å²) < 4.78 is 5.34. The monoisotopic (exact) mass is 462 g/mol. The molecule has 0 amide bonds. The molecule has 0 aliphatic carbocycles. The molecule has 7 heteroatoms. The minimum Gasteiger partial charge on any atom is -0.469 e. The van der Waals surface area contributed by atoms with Crippen molar-refractivity contribution in [3.05, 3.63) is 40.2 Å². The molecular weight excluding hydrogens is 435 g/mol. The van der Waals surface area contributed by atoms with Gasteiger partial charge in [-0.1, -0.05) is 20.8 Å². The fourth-order valence-electron chi connectivity index (χ4n) is 1.99. The average Bonchev–Trinajstić information content (AvgIpc) is 3.20. The molecule has 24 heavy (non-hydrogen) atoms. The third-order valence-electron chi connectivity index (χ3n) is 3.32. The second kappa shape index (κ2) is 11.5. The lowest BCUT2D eigenvalue weighted by atomic mass is 10.2. The van der Waals surface area contributed by atoms with Crippen LogP contribution in [0.2, 0.25) is 0 Å². The first-order valence-electron chi connectivity index (χ1n) is 8.18. The Morgan fingerprint density at radius 2 is 2.12 bits per heavy atom. The smallest absolute Gasteiger partial charge is 0.191 e. The average molecular weight is 462 g/mol. The molecule has 0 saturated heterocycles. The second-order valence-corrected chi connectivity index (χ2v) is 6.61. The van der Waals surface area contributed by atoms with Gasteiger partial charge in [-0.15, -0.1) is 35.3 Å². The molecule has 0 fully saturated rings. The van der Waals surface area contributed by atoms with Gasteiger partial charge in [-0.3, -0.25) is 0 Å². The molecule has 2 aromatic rings.